The average molecular weight is 235 g/mol. The molecule has 0 bridgehead atoms. The monoisotopic (exact) mass is 235 g/mol. The van der Waals surface area contributed by atoms with Crippen molar-refractivity contribution in [3.05, 3.63) is 12.4 Å². The van der Waals surface area contributed by atoms with Gasteiger partial charge in [0.2, 0.25) is 0 Å². The molecule has 0 unspecified atom stereocenters. The van der Waals surface area contributed by atoms with Crippen LogP contribution in [0.3, 0.4) is 0 Å². The van der Waals surface area contributed by atoms with Crippen LogP contribution in [0.15, 0.2) is 12.4 Å². The first-order valence-corrected chi connectivity index (χ1v) is 5.73. The van der Waals surface area contributed by atoms with Gasteiger partial charge in [-0.3, -0.25) is 4.98 Å². The van der Waals surface area contributed by atoms with E-state index in [4.69, 9.17) is 5.73 Å². The standard InChI is InChI=1S/C10H17N7/c1-8(2)16(5-3-4-11)10-7-12-6-9-13-14-15-17(9)10/h6-8H,3-5,11H2,1-2H3. The Morgan fingerprint density at radius 2 is 2.24 bits per heavy atom. The Bertz CT molecular complexity index is 478. The number of tetrazole rings is 1. The predicted octanol–water partition coefficient (Wildman–Crippen LogP) is 0.0829. The first-order valence-electron chi connectivity index (χ1n) is 5.73. The summed E-state index contributed by atoms with van der Waals surface area (Å²) in [6.45, 7) is 5.79. The van der Waals surface area contributed by atoms with E-state index in [9.17, 15) is 0 Å². The number of anilines is 1. The topological polar surface area (TPSA) is 85.2 Å². The van der Waals surface area contributed by atoms with Gasteiger partial charge in [-0.15, -0.1) is 5.10 Å². The van der Waals surface area contributed by atoms with Gasteiger partial charge in [-0.2, -0.15) is 4.52 Å². The van der Waals surface area contributed by atoms with Crippen LogP contribution >= 0.6 is 0 Å². The van der Waals surface area contributed by atoms with Crippen molar-refractivity contribution in [2.75, 3.05) is 18.0 Å². The van der Waals surface area contributed by atoms with Crippen LogP contribution in [-0.4, -0.2) is 44.2 Å². The molecule has 92 valence electrons. The van der Waals surface area contributed by atoms with Crippen LogP contribution in [0.5, 0.6) is 0 Å². The third kappa shape index (κ3) is 2.33. The molecule has 0 aliphatic carbocycles. The van der Waals surface area contributed by atoms with Crippen LogP contribution in [0, 0.1) is 0 Å². The summed E-state index contributed by atoms with van der Waals surface area (Å²) >= 11 is 0. The van der Waals surface area contributed by atoms with Crippen LogP contribution in [0.25, 0.3) is 5.65 Å². The molecule has 7 heteroatoms. The SMILES string of the molecule is CC(C)N(CCCN)c1cncc2nnnn12. The van der Waals surface area contributed by atoms with Gasteiger partial charge in [0.1, 0.15) is 0 Å². The molecule has 0 atom stereocenters. The van der Waals surface area contributed by atoms with Gasteiger partial charge in [0.25, 0.3) is 0 Å². The van der Waals surface area contributed by atoms with Crippen LogP contribution < -0.4 is 10.6 Å². The summed E-state index contributed by atoms with van der Waals surface area (Å²) in [5.74, 6) is 0.899. The summed E-state index contributed by atoms with van der Waals surface area (Å²) in [5, 5.41) is 11.5. The van der Waals surface area contributed by atoms with Crippen molar-refractivity contribution < 1.29 is 0 Å². The van der Waals surface area contributed by atoms with E-state index in [-0.39, 0.29) is 0 Å². The van der Waals surface area contributed by atoms with E-state index in [1.54, 1.807) is 16.9 Å². The maximum absolute atomic E-state index is 5.56. The van der Waals surface area contributed by atoms with Gasteiger partial charge in [-0.1, -0.05) is 0 Å². The summed E-state index contributed by atoms with van der Waals surface area (Å²) in [4.78, 5) is 6.36. The highest BCUT2D eigenvalue weighted by Gasteiger charge is 2.14. The fraction of sp³-hybridized carbons (Fsp3) is 0.600. The number of hydrogen-bond acceptors (Lipinski definition) is 6. The van der Waals surface area contributed by atoms with Crippen LogP contribution in [0.2, 0.25) is 0 Å². The Morgan fingerprint density at radius 3 is 2.94 bits per heavy atom. The van der Waals surface area contributed by atoms with Gasteiger partial charge in [0.15, 0.2) is 11.5 Å². The lowest BCUT2D eigenvalue weighted by molar-refractivity contribution is 0.633. The molecule has 0 amide bonds. The minimum atomic E-state index is 0.346. The summed E-state index contributed by atoms with van der Waals surface area (Å²) in [5.41, 5.74) is 6.21. The maximum Gasteiger partial charge on any atom is 0.199 e. The average Bonchev–Trinajstić information content (AvgIpc) is 2.77. The lowest BCUT2D eigenvalue weighted by Gasteiger charge is -2.28. The van der Waals surface area contributed by atoms with Gasteiger partial charge >= 0.3 is 0 Å². The van der Waals surface area contributed by atoms with Gasteiger partial charge in [-0.25, -0.2) is 0 Å². The molecule has 0 radical (unpaired) electrons. The fourth-order valence-corrected chi connectivity index (χ4v) is 1.76. The second-order valence-corrected chi connectivity index (χ2v) is 4.14. The molecular weight excluding hydrogens is 218 g/mol. The zero-order valence-electron chi connectivity index (χ0n) is 10.1. The molecule has 7 nitrogen and oxygen atoms in total. The Labute approximate surface area is 99.6 Å². The van der Waals surface area contributed by atoms with E-state index < -0.39 is 0 Å². The molecular formula is C10H17N7. The van der Waals surface area contributed by atoms with Gasteiger partial charge in [0, 0.05) is 12.6 Å². The van der Waals surface area contributed by atoms with Gasteiger partial charge in [0.05, 0.1) is 12.4 Å². The van der Waals surface area contributed by atoms with Crippen molar-refractivity contribution in [1.29, 1.82) is 0 Å². The van der Waals surface area contributed by atoms with Crippen LogP contribution in [-0.2, 0) is 0 Å². The summed E-state index contributed by atoms with van der Waals surface area (Å²) < 4.78 is 1.70. The largest absolute Gasteiger partial charge is 0.353 e. The van der Waals surface area contributed by atoms with E-state index in [0.717, 1.165) is 18.8 Å². The highest BCUT2D eigenvalue weighted by Crippen LogP contribution is 2.16. The summed E-state index contributed by atoms with van der Waals surface area (Å²) in [6, 6.07) is 0.346. The second-order valence-electron chi connectivity index (χ2n) is 4.14. The smallest absolute Gasteiger partial charge is 0.199 e. The molecule has 0 saturated heterocycles. The van der Waals surface area contributed by atoms with Crippen molar-refractivity contribution in [1.82, 2.24) is 25.0 Å². The zero-order valence-corrected chi connectivity index (χ0v) is 10.1. The van der Waals surface area contributed by atoms with Crippen LogP contribution in [0.4, 0.5) is 5.82 Å². The Morgan fingerprint density at radius 1 is 1.41 bits per heavy atom. The molecule has 0 aromatic carbocycles. The highest BCUT2D eigenvalue weighted by atomic mass is 15.5. The molecule has 2 aromatic heterocycles. The molecule has 2 heterocycles. The zero-order chi connectivity index (χ0) is 12.3. The van der Waals surface area contributed by atoms with Crippen LogP contribution in [0.1, 0.15) is 20.3 Å². The van der Waals surface area contributed by atoms with Crippen molar-refractivity contribution in [3.63, 3.8) is 0 Å². The molecule has 2 aromatic rings. The lowest BCUT2D eigenvalue weighted by Crippen LogP contribution is -2.34. The number of nitrogens with two attached hydrogens (primary N) is 1. The number of aromatic nitrogens is 5. The summed E-state index contributed by atoms with van der Waals surface area (Å²) in [6.07, 6.45) is 4.35. The van der Waals surface area contributed by atoms with Crippen molar-refractivity contribution in [3.8, 4) is 0 Å². The van der Waals surface area contributed by atoms with E-state index in [1.807, 2.05) is 0 Å². The molecule has 0 saturated carbocycles. The molecule has 0 aliphatic rings. The Kier molecular flexibility index (Phi) is 3.48. The summed E-state index contributed by atoms with van der Waals surface area (Å²) in [7, 11) is 0. The van der Waals surface area contributed by atoms with Crippen molar-refractivity contribution >= 4 is 11.5 Å². The predicted molar refractivity (Wildman–Crippen MR) is 64.7 cm³/mol. The second kappa shape index (κ2) is 5.05. The van der Waals surface area contributed by atoms with E-state index in [1.165, 1.54) is 0 Å². The minimum absolute atomic E-state index is 0.346. The molecule has 2 rings (SSSR count). The van der Waals surface area contributed by atoms with E-state index in [2.05, 4.69) is 39.3 Å². The minimum Gasteiger partial charge on any atom is -0.353 e. The quantitative estimate of drug-likeness (QED) is 0.790. The third-order valence-electron chi connectivity index (χ3n) is 2.61. The number of nitrogens with zero attached hydrogens (tertiary/aromatic N) is 6. The lowest BCUT2D eigenvalue weighted by atomic mass is 10.3. The maximum atomic E-state index is 5.56. The number of hydrogen-bond donors (Lipinski definition) is 1. The van der Waals surface area contributed by atoms with Gasteiger partial charge in [-0.05, 0) is 37.2 Å². The molecule has 17 heavy (non-hydrogen) atoms. The van der Waals surface area contributed by atoms with E-state index in [0.29, 0.717) is 18.2 Å². The number of fused-ring (bicyclic) bond motifs is 1. The normalized spacial score (nSPS) is 11.3. The first kappa shape index (κ1) is 11.7. The van der Waals surface area contributed by atoms with E-state index >= 15 is 0 Å². The van der Waals surface area contributed by atoms with Crippen molar-refractivity contribution in [2.24, 2.45) is 5.73 Å². The van der Waals surface area contributed by atoms with Gasteiger partial charge < -0.3 is 10.6 Å². The van der Waals surface area contributed by atoms with Crippen molar-refractivity contribution in [2.45, 2.75) is 26.3 Å². The highest BCUT2D eigenvalue weighted by molar-refractivity contribution is 5.46. The fourth-order valence-electron chi connectivity index (χ4n) is 1.76. The third-order valence-corrected chi connectivity index (χ3v) is 2.61. The molecule has 0 fully saturated rings. The number of rotatable bonds is 5. The first-order chi connectivity index (χ1) is 8.24. The molecule has 2 N–H and O–H groups in total. The Balaban J connectivity index is 2.37. The Hall–Kier alpha value is -1.76. The molecule has 0 aliphatic heterocycles. The molecule has 0 spiro atoms.